The van der Waals surface area contributed by atoms with Gasteiger partial charge >= 0.3 is 0 Å². The molecule has 2 rings (SSSR count). The molecule has 0 saturated heterocycles. The fourth-order valence-corrected chi connectivity index (χ4v) is 6.11. The third-order valence-corrected chi connectivity index (χ3v) is 6.61. The van der Waals surface area contributed by atoms with Crippen molar-refractivity contribution in [2.45, 2.75) is 95.9 Å². The smallest absolute Gasteiger partial charge is 0.0329 e. The standard InChI is InChI=1S/C19H36.3CH4/c1-7-17-10-15(5)19(16(6)11-17)18-13(3)8-12(2)9-14(18)4;;;/h12-19H,7-11H2,1-6H3;3*1H4. The minimum Gasteiger partial charge on any atom is -0.0776 e. The van der Waals surface area contributed by atoms with Crippen LogP contribution in [0.4, 0.5) is 0 Å². The van der Waals surface area contributed by atoms with Crippen LogP contribution in [0.5, 0.6) is 0 Å². The average Bonchev–Trinajstić information content (AvgIpc) is 2.31. The quantitative estimate of drug-likeness (QED) is 0.485. The zero-order chi connectivity index (χ0) is 14.2. The maximum Gasteiger partial charge on any atom is -0.0329 e. The highest BCUT2D eigenvalue weighted by Crippen LogP contribution is 2.51. The summed E-state index contributed by atoms with van der Waals surface area (Å²) in [6.07, 6.45) is 7.34. The molecule has 0 spiro atoms. The fraction of sp³-hybridized carbons (Fsp3) is 1.00. The lowest BCUT2D eigenvalue weighted by Crippen LogP contribution is -2.43. The summed E-state index contributed by atoms with van der Waals surface area (Å²) in [6, 6.07) is 0. The van der Waals surface area contributed by atoms with Gasteiger partial charge in [-0.05, 0) is 73.0 Å². The zero-order valence-electron chi connectivity index (χ0n) is 14.2. The van der Waals surface area contributed by atoms with E-state index in [2.05, 4.69) is 41.5 Å². The highest BCUT2D eigenvalue weighted by Gasteiger charge is 2.43. The van der Waals surface area contributed by atoms with Gasteiger partial charge in [0.1, 0.15) is 0 Å². The lowest BCUT2D eigenvalue weighted by atomic mass is 9.55. The number of hydrogen-bond donors (Lipinski definition) is 0. The SMILES string of the molecule is C.C.C.CCC1CC(C)C(C2C(C)CC(C)CC2C)C(C)C1. The summed E-state index contributed by atoms with van der Waals surface area (Å²) in [6.45, 7) is 15.0. The van der Waals surface area contributed by atoms with E-state index >= 15 is 0 Å². The summed E-state index contributed by atoms with van der Waals surface area (Å²) in [4.78, 5) is 0. The summed E-state index contributed by atoms with van der Waals surface area (Å²) in [5.74, 6) is 7.78. The molecule has 0 aromatic heterocycles. The molecule has 0 nitrogen and oxygen atoms in total. The predicted molar refractivity (Wildman–Crippen MR) is 105 cm³/mol. The van der Waals surface area contributed by atoms with Gasteiger partial charge in [-0.3, -0.25) is 0 Å². The van der Waals surface area contributed by atoms with Crippen molar-refractivity contribution in [2.75, 3.05) is 0 Å². The summed E-state index contributed by atoms with van der Waals surface area (Å²) in [7, 11) is 0. The molecule has 0 N–H and O–H groups in total. The van der Waals surface area contributed by atoms with Gasteiger partial charge in [0, 0.05) is 0 Å². The molecule has 2 fully saturated rings. The van der Waals surface area contributed by atoms with E-state index in [1.807, 2.05) is 0 Å². The molecule has 0 bridgehead atoms. The Morgan fingerprint density at radius 3 is 1.23 bits per heavy atom. The Morgan fingerprint density at radius 1 is 0.591 bits per heavy atom. The van der Waals surface area contributed by atoms with E-state index in [0.29, 0.717) is 0 Å². The number of rotatable bonds is 2. The van der Waals surface area contributed by atoms with E-state index in [4.69, 9.17) is 0 Å². The molecule has 0 aromatic carbocycles. The van der Waals surface area contributed by atoms with E-state index in [1.54, 1.807) is 0 Å². The lowest BCUT2D eigenvalue weighted by Gasteiger charge is -2.50. The Hall–Kier alpha value is 0. The van der Waals surface area contributed by atoms with Crippen molar-refractivity contribution in [2.24, 2.45) is 47.3 Å². The van der Waals surface area contributed by atoms with Crippen LogP contribution in [-0.2, 0) is 0 Å². The average molecular weight is 313 g/mol. The molecule has 4 unspecified atom stereocenters. The van der Waals surface area contributed by atoms with Crippen LogP contribution in [0, 0.1) is 47.3 Å². The first kappa shape index (κ1) is 24.3. The molecule has 2 aliphatic rings. The van der Waals surface area contributed by atoms with E-state index in [1.165, 1.54) is 32.1 Å². The van der Waals surface area contributed by atoms with E-state index in [0.717, 1.165) is 47.3 Å². The van der Waals surface area contributed by atoms with Crippen LogP contribution >= 0.6 is 0 Å². The third kappa shape index (κ3) is 5.00. The summed E-state index contributed by atoms with van der Waals surface area (Å²) < 4.78 is 0. The Morgan fingerprint density at radius 2 is 0.909 bits per heavy atom. The van der Waals surface area contributed by atoms with Crippen molar-refractivity contribution in [1.82, 2.24) is 0 Å². The topological polar surface area (TPSA) is 0 Å². The van der Waals surface area contributed by atoms with E-state index in [9.17, 15) is 0 Å². The van der Waals surface area contributed by atoms with Crippen LogP contribution in [0.2, 0.25) is 0 Å². The maximum atomic E-state index is 2.56. The highest BCUT2D eigenvalue weighted by molar-refractivity contribution is 4.92. The maximum absolute atomic E-state index is 2.56. The molecule has 136 valence electrons. The molecular weight excluding hydrogens is 264 g/mol. The Labute approximate surface area is 143 Å². The van der Waals surface area contributed by atoms with Gasteiger partial charge in [0.05, 0.1) is 0 Å². The molecule has 2 aliphatic carbocycles. The van der Waals surface area contributed by atoms with Crippen molar-refractivity contribution in [1.29, 1.82) is 0 Å². The van der Waals surface area contributed by atoms with Gasteiger partial charge in [0.2, 0.25) is 0 Å². The Bertz CT molecular complexity index is 258. The summed E-state index contributed by atoms with van der Waals surface area (Å²) in [5, 5.41) is 0. The van der Waals surface area contributed by atoms with Crippen LogP contribution in [0.25, 0.3) is 0 Å². The minimum atomic E-state index is 0. The monoisotopic (exact) mass is 312 g/mol. The molecule has 0 aromatic rings. The molecule has 22 heavy (non-hydrogen) atoms. The third-order valence-electron chi connectivity index (χ3n) is 6.61. The molecule has 0 amide bonds. The first-order chi connectivity index (χ1) is 8.93. The predicted octanol–water partition coefficient (Wildman–Crippen LogP) is 7.92. The molecular formula is C22H48. The van der Waals surface area contributed by atoms with E-state index < -0.39 is 0 Å². The number of hydrogen-bond acceptors (Lipinski definition) is 0. The molecule has 2 saturated carbocycles. The fourth-order valence-electron chi connectivity index (χ4n) is 6.11. The van der Waals surface area contributed by atoms with Gasteiger partial charge < -0.3 is 0 Å². The van der Waals surface area contributed by atoms with Gasteiger partial charge in [-0.1, -0.05) is 70.2 Å². The van der Waals surface area contributed by atoms with Crippen LogP contribution in [0.15, 0.2) is 0 Å². The normalized spacial score (nSPS) is 45.0. The summed E-state index contributed by atoms with van der Waals surface area (Å²) in [5.41, 5.74) is 0. The van der Waals surface area contributed by atoms with E-state index in [-0.39, 0.29) is 22.3 Å². The second-order valence-electron chi connectivity index (χ2n) is 8.39. The van der Waals surface area contributed by atoms with Gasteiger partial charge in [-0.2, -0.15) is 0 Å². The molecule has 0 radical (unpaired) electrons. The van der Waals surface area contributed by atoms with Crippen LogP contribution in [-0.4, -0.2) is 0 Å². The first-order valence-electron chi connectivity index (χ1n) is 8.93. The van der Waals surface area contributed by atoms with Crippen molar-refractivity contribution in [3.8, 4) is 0 Å². The van der Waals surface area contributed by atoms with Crippen molar-refractivity contribution < 1.29 is 0 Å². The second-order valence-corrected chi connectivity index (χ2v) is 8.39. The first-order valence-corrected chi connectivity index (χ1v) is 8.93. The molecule has 0 heteroatoms. The zero-order valence-corrected chi connectivity index (χ0v) is 14.2. The largest absolute Gasteiger partial charge is 0.0776 e. The Kier molecular flexibility index (Phi) is 11.0. The minimum absolute atomic E-state index is 0. The lowest BCUT2D eigenvalue weighted by molar-refractivity contribution is -0.00873. The molecule has 0 heterocycles. The van der Waals surface area contributed by atoms with Gasteiger partial charge in [-0.15, -0.1) is 0 Å². The summed E-state index contributed by atoms with van der Waals surface area (Å²) >= 11 is 0. The van der Waals surface area contributed by atoms with Crippen LogP contribution in [0.1, 0.15) is 95.9 Å². The van der Waals surface area contributed by atoms with Crippen molar-refractivity contribution in [3.63, 3.8) is 0 Å². The van der Waals surface area contributed by atoms with Crippen LogP contribution in [0.3, 0.4) is 0 Å². The van der Waals surface area contributed by atoms with Crippen molar-refractivity contribution in [3.05, 3.63) is 0 Å². The molecule has 0 aliphatic heterocycles. The second kappa shape index (κ2) is 9.99. The Balaban J connectivity index is 0. The van der Waals surface area contributed by atoms with Crippen LogP contribution < -0.4 is 0 Å². The van der Waals surface area contributed by atoms with Gasteiger partial charge in [0.25, 0.3) is 0 Å². The van der Waals surface area contributed by atoms with Gasteiger partial charge in [-0.25, -0.2) is 0 Å². The van der Waals surface area contributed by atoms with Crippen molar-refractivity contribution >= 4 is 0 Å². The van der Waals surface area contributed by atoms with Gasteiger partial charge in [0.15, 0.2) is 0 Å². The highest BCUT2D eigenvalue weighted by atomic mass is 14.5. The molecule has 4 atom stereocenters.